The third-order valence-electron chi connectivity index (χ3n) is 4.02. The average Bonchev–Trinajstić information content (AvgIpc) is 2.89. The van der Waals surface area contributed by atoms with E-state index in [9.17, 15) is 4.79 Å². The van der Waals surface area contributed by atoms with Crippen LogP contribution in [0.1, 0.15) is 18.2 Å². The van der Waals surface area contributed by atoms with Crippen molar-refractivity contribution in [1.82, 2.24) is 14.8 Å². The number of hydrogen-bond acceptors (Lipinski definition) is 2. The first kappa shape index (κ1) is 23.5. The Morgan fingerprint density at radius 3 is 2.48 bits per heavy atom. The van der Waals surface area contributed by atoms with E-state index in [0.29, 0.717) is 0 Å². The number of amides is 1. The molecule has 0 aliphatic rings. The monoisotopic (exact) mass is 547 g/mol. The lowest BCUT2D eigenvalue weighted by Gasteiger charge is -2.22. The normalized spacial score (nSPS) is 10.9. The van der Waals surface area contributed by atoms with Gasteiger partial charge in [-0.25, -0.2) is 0 Å². The fraction of sp³-hybridized carbons (Fsp3) is 0.368. The predicted molar refractivity (Wildman–Crippen MR) is 126 cm³/mol. The maximum Gasteiger partial charge on any atom is 0.221 e. The van der Waals surface area contributed by atoms with Gasteiger partial charge in [0.2, 0.25) is 5.91 Å². The van der Waals surface area contributed by atoms with Crippen LogP contribution in [0.15, 0.2) is 46.0 Å². The minimum Gasteiger partial charge on any atom is -0.356 e. The number of guanidine groups is 1. The van der Waals surface area contributed by atoms with E-state index < -0.39 is 0 Å². The van der Waals surface area contributed by atoms with Crippen LogP contribution in [0.3, 0.4) is 0 Å². The fourth-order valence-electron chi connectivity index (χ4n) is 2.70. The maximum atomic E-state index is 11.1. The van der Waals surface area contributed by atoms with Crippen LogP contribution in [0.4, 0.5) is 5.69 Å². The number of benzene rings is 1. The maximum absolute atomic E-state index is 11.1. The minimum atomic E-state index is -0.0588. The third kappa shape index (κ3) is 7.53. The van der Waals surface area contributed by atoms with Crippen molar-refractivity contribution >= 4 is 57.5 Å². The summed E-state index contributed by atoms with van der Waals surface area (Å²) in [5.41, 5.74) is 3.23. The molecule has 0 fully saturated rings. The largest absolute Gasteiger partial charge is 0.356 e. The Bertz CT molecular complexity index is 773. The Kier molecular flexibility index (Phi) is 9.86. The molecule has 0 bridgehead atoms. The van der Waals surface area contributed by atoms with Crippen LogP contribution < -0.4 is 10.6 Å². The molecule has 0 spiro atoms. The van der Waals surface area contributed by atoms with E-state index in [4.69, 9.17) is 0 Å². The second kappa shape index (κ2) is 11.3. The Labute approximate surface area is 186 Å². The molecule has 0 aliphatic heterocycles. The molecule has 0 radical (unpaired) electrons. The van der Waals surface area contributed by atoms with Crippen molar-refractivity contribution in [2.75, 3.05) is 26.0 Å². The summed E-state index contributed by atoms with van der Waals surface area (Å²) in [6, 6.07) is 10.0. The second-order valence-electron chi connectivity index (χ2n) is 6.22. The highest BCUT2D eigenvalue weighted by Gasteiger charge is 2.09. The zero-order chi connectivity index (χ0) is 19.1. The zero-order valence-electron chi connectivity index (χ0n) is 16.1. The Hall–Kier alpha value is -1.55. The number of aryl methyl sites for hydroxylation is 1. The van der Waals surface area contributed by atoms with Crippen LogP contribution >= 0.6 is 39.9 Å². The van der Waals surface area contributed by atoms with Gasteiger partial charge < -0.3 is 20.1 Å². The number of rotatable bonds is 6. The molecule has 0 saturated carbocycles. The number of halogens is 2. The molecule has 1 aromatic carbocycles. The van der Waals surface area contributed by atoms with Gasteiger partial charge in [0, 0.05) is 56.7 Å². The predicted octanol–water partition coefficient (Wildman–Crippen LogP) is 3.61. The summed E-state index contributed by atoms with van der Waals surface area (Å²) < 4.78 is 3.18. The third-order valence-corrected chi connectivity index (χ3v) is 4.45. The first-order chi connectivity index (χ1) is 12.4. The Morgan fingerprint density at radius 2 is 1.96 bits per heavy atom. The lowest BCUT2D eigenvalue weighted by Crippen LogP contribution is -2.39. The van der Waals surface area contributed by atoms with Gasteiger partial charge in [-0.1, -0.05) is 12.1 Å². The first-order valence-corrected chi connectivity index (χ1v) is 9.27. The highest BCUT2D eigenvalue weighted by molar-refractivity contribution is 14.0. The van der Waals surface area contributed by atoms with Gasteiger partial charge in [-0.2, -0.15) is 0 Å². The van der Waals surface area contributed by atoms with Crippen LogP contribution in [0.5, 0.6) is 0 Å². The van der Waals surface area contributed by atoms with Crippen molar-refractivity contribution in [1.29, 1.82) is 0 Å². The summed E-state index contributed by atoms with van der Waals surface area (Å²) in [6.45, 7) is 3.06. The number of carbonyl (C=O) groups excluding carboxylic acids is 1. The van der Waals surface area contributed by atoms with Crippen LogP contribution in [0, 0.1) is 0 Å². The number of nitrogens with one attached hydrogen (secondary N) is 2. The molecule has 1 aromatic heterocycles. The summed E-state index contributed by atoms with van der Waals surface area (Å²) >= 11 is 3.50. The molecule has 2 rings (SSSR count). The van der Waals surface area contributed by atoms with Crippen LogP contribution in [-0.4, -0.2) is 42.0 Å². The highest BCUT2D eigenvalue weighted by Crippen LogP contribution is 2.15. The SMILES string of the molecule is CN=C(NCCc1ccc(NC(C)=O)cc1)N(C)Cc1cc(Br)cn1C.I. The molecule has 2 N–H and O–H groups in total. The zero-order valence-corrected chi connectivity index (χ0v) is 20.0. The molecular formula is C19H27BrIN5O. The van der Waals surface area contributed by atoms with Crippen LogP contribution in [0.25, 0.3) is 0 Å². The van der Waals surface area contributed by atoms with Gasteiger partial charge in [0.15, 0.2) is 5.96 Å². The summed E-state index contributed by atoms with van der Waals surface area (Å²) in [6.07, 6.45) is 2.92. The fourth-order valence-corrected chi connectivity index (χ4v) is 3.27. The molecule has 1 heterocycles. The summed E-state index contributed by atoms with van der Waals surface area (Å²) in [5.74, 6) is 0.800. The molecule has 6 nitrogen and oxygen atoms in total. The van der Waals surface area contributed by atoms with Gasteiger partial charge in [0.05, 0.1) is 6.54 Å². The molecule has 0 atom stereocenters. The molecule has 0 saturated heterocycles. The van der Waals surface area contributed by atoms with E-state index in [0.717, 1.165) is 35.6 Å². The lowest BCUT2D eigenvalue weighted by atomic mass is 10.1. The van der Waals surface area contributed by atoms with Crippen LogP contribution in [0.2, 0.25) is 0 Å². The molecule has 0 aliphatic carbocycles. The lowest BCUT2D eigenvalue weighted by molar-refractivity contribution is -0.114. The van der Waals surface area contributed by atoms with E-state index in [-0.39, 0.29) is 29.9 Å². The quantitative estimate of drug-likeness (QED) is 0.330. The molecule has 8 heteroatoms. The summed E-state index contributed by atoms with van der Waals surface area (Å²) in [4.78, 5) is 17.5. The topological polar surface area (TPSA) is 61.7 Å². The second-order valence-corrected chi connectivity index (χ2v) is 7.13. The number of anilines is 1. The summed E-state index contributed by atoms with van der Waals surface area (Å²) in [5, 5.41) is 6.17. The Morgan fingerprint density at radius 1 is 1.30 bits per heavy atom. The van der Waals surface area contributed by atoms with Gasteiger partial charge in [-0.05, 0) is 46.1 Å². The molecule has 2 aromatic rings. The van der Waals surface area contributed by atoms with E-state index in [1.54, 1.807) is 7.05 Å². The molecule has 27 heavy (non-hydrogen) atoms. The van der Waals surface area contributed by atoms with Gasteiger partial charge in [0.25, 0.3) is 0 Å². The van der Waals surface area contributed by atoms with Gasteiger partial charge in [-0.3, -0.25) is 9.79 Å². The standard InChI is InChI=1S/C19H26BrN5O.HI/c1-14(26)23-17-7-5-15(6-8-17)9-10-22-19(21-2)25(4)13-18-11-16(20)12-24(18)3;/h5-8,11-12H,9-10,13H2,1-4H3,(H,21,22)(H,23,26);1H. The average molecular weight is 548 g/mol. The van der Waals surface area contributed by atoms with E-state index in [1.165, 1.54) is 18.2 Å². The van der Waals surface area contributed by atoms with Crippen molar-refractivity contribution in [2.24, 2.45) is 12.0 Å². The van der Waals surface area contributed by atoms with E-state index >= 15 is 0 Å². The van der Waals surface area contributed by atoms with Gasteiger partial charge >= 0.3 is 0 Å². The highest BCUT2D eigenvalue weighted by atomic mass is 127. The number of aliphatic imine (C=N–C) groups is 1. The number of nitrogens with zero attached hydrogens (tertiary/aromatic N) is 3. The molecule has 0 unspecified atom stereocenters. The minimum absolute atomic E-state index is 0. The number of aromatic nitrogens is 1. The van der Waals surface area contributed by atoms with Crippen LogP contribution in [-0.2, 0) is 24.8 Å². The van der Waals surface area contributed by atoms with E-state index in [1.807, 2.05) is 44.6 Å². The molecule has 1 amide bonds. The smallest absolute Gasteiger partial charge is 0.221 e. The van der Waals surface area contributed by atoms with Crippen molar-refractivity contribution < 1.29 is 4.79 Å². The number of hydrogen-bond donors (Lipinski definition) is 2. The van der Waals surface area contributed by atoms with Gasteiger partial charge in [-0.15, -0.1) is 24.0 Å². The molecule has 148 valence electrons. The number of carbonyl (C=O) groups is 1. The van der Waals surface area contributed by atoms with Crippen molar-refractivity contribution in [3.05, 3.63) is 52.3 Å². The summed E-state index contributed by atoms with van der Waals surface area (Å²) in [7, 11) is 5.86. The van der Waals surface area contributed by atoms with Crippen molar-refractivity contribution in [3.8, 4) is 0 Å². The van der Waals surface area contributed by atoms with E-state index in [2.05, 4.69) is 47.1 Å². The Balaban J connectivity index is 0.00000364. The van der Waals surface area contributed by atoms with Crippen molar-refractivity contribution in [2.45, 2.75) is 19.9 Å². The van der Waals surface area contributed by atoms with Crippen molar-refractivity contribution in [3.63, 3.8) is 0 Å². The first-order valence-electron chi connectivity index (χ1n) is 8.48. The molecular weight excluding hydrogens is 521 g/mol. The van der Waals surface area contributed by atoms with Gasteiger partial charge in [0.1, 0.15) is 0 Å².